The number of methoxy groups -OCH3 is 1. The highest BCUT2D eigenvalue weighted by Crippen LogP contribution is 2.28. The average Bonchev–Trinajstić information content (AvgIpc) is 3.10. The van der Waals surface area contributed by atoms with Crippen molar-refractivity contribution in [2.75, 3.05) is 13.4 Å². The summed E-state index contributed by atoms with van der Waals surface area (Å²) in [6, 6.07) is 9.40. The molecule has 2 rings (SSSR count). The minimum Gasteiger partial charge on any atom is -0.496 e. The molecule has 0 saturated carbocycles. The maximum absolute atomic E-state index is 12.0. The summed E-state index contributed by atoms with van der Waals surface area (Å²) in [5, 5.41) is 6.05. The van der Waals surface area contributed by atoms with Crippen LogP contribution in [0.15, 0.2) is 45.9 Å². The van der Waals surface area contributed by atoms with Crippen LogP contribution in [0.5, 0.6) is 5.75 Å². The molecule has 1 aromatic carbocycles. The van der Waals surface area contributed by atoms with Crippen molar-refractivity contribution < 1.29 is 13.9 Å². The lowest BCUT2D eigenvalue weighted by molar-refractivity contribution is -0.123. The second-order valence-corrected chi connectivity index (χ2v) is 5.94. The number of rotatable bonds is 8. The van der Waals surface area contributed by atoms with Crippen molar-refractivity contribution >= 4 is 17.7 Å². The Morgan fingerprint density at radius 2 is 2.17 bits per heavy atom. The van der Waals surface area contributed by atoms with Crippen molar-refractivity contribution in [3.05, 3.63) is 47.9 Å². The molecule has 0 radical (unpaired) electrons. The molecule has 1 amide bonds. The molecule has 0 saturated heterocycles. The van der Waals surface area contributed by atoms with E-state index in [4.69, 9.17) is 9.15 Å². The minimum atomic E-state index is -0.295. The second kappa shape index (κ2) is 8.64. The monoisotopic (exact) mass is 334 g/mol. The van der Waals surface area contributed by atoms with E-state index >= 15 is 0 Å². The van der Waals surface area contributed by atoms with Gasteiger partial charge in [0.15, 0.2) is 0 Å². The Balaban J connectivity index is 1.83. The van der Waals surface area contributed by atoms with Crippen molar-refractivity contribution in [3.8, 4) is 5.75 Å². The zero-order chi connectivity index (χ0) is 16.7. The molecule has 23 heavy (non-hydrogen) atoms. The lowest BCUT2D eigenvalue weighted by atomic mass is 10.2. The van der Waals surface area contributed by atoms with Gasteiger partial charge in [0.2, 0.25) is 5.91 Å². The van der Waals surface area contributed by atoms with Gasteiger partial charge in [-0.3, -0.25) is 4.79 Å². The van der Waals surface area contributed by atoms with Crippen molar-refractivity contribution in [2.45, 2.75) is 31.0 Å². The summed E-state index contributed by atoms with van der Waals surface area (Å²) in [6.07, 6.45) is 3.61. The number of carbonyl (C=O) groups is 1. The van der Waals surface area contributed by atoms with Crippen molar-refractivity contribution in [1.82, 2.24) is 10.6 Å². The van der Waals surface area contributed by atoms with Crippen LogP contribution in [0.4, 0.5) is 0 Å². The Bertz CT molecular complexity index is 629. The molecule has 124 valence electrons. The van der Waals surface area contributed by atoms with Gasteiger partial charge in [0.25, 0.3) is 0 Å². The highest BCUT2D eigenvalue weighted by Gasteiger charge is 2.12. The third-order valence-electron chi connectivity index (χ3n) is 3.47. The Kier molecular flexibility index (Phi) is 6.55. The van der Waals surface area contributed by atoms with Crippen LogP contribution in [0.2, 0.25) is 0 Å². The maximum atomic E-state index is 12.0. The van der Waals surface area contributed by atoms with Gasteiger partial charge in [0.05, 0.1) is 26.0 Å². The predicted molar refractivity (Wildman–Crippen MR) is 91.6 cm³/mol. The molecule has 0 aliphatic carbocycles. The summed E-state index contributed by atoms with van der Waals surface area (Å²) in [7, 11) is 1.66. The SMILES string of the molecule is COc1cc(CNC(C)C(=O)NCc2ccco2)ccc1SC. The Hall–Kier alpha value is -1.92. The number of hydrogen-bond donors (Lipinski definition) is 2. The summed E-state index contributed by atoms with van der Waals surface area (Å²) in [4.78, 5) is 13.1. The minimum absolute atomic E-state index is 0.0610. The Morgan fingerprint density at radius 1 is 1.35 bits per heavy atom. The lowest BCUT2D eigenvalue weighted by Gasteiger charge is -2.14. The molecular formula is C17H22N2O3S. The first-order chi connectivity index (χ1) is 11.1. The summed E-state index contributed by atoms with van der Waals surface area (Å²) < 4.78 is 10.6. The number of furan rings is 1. The number of amides is 1. The molecular weight excluding hydrogens is 312 g/mol. The summed E-state index contributed by atoms with van der Waals surface area (Å²) >= 11 is 1.64. The first-order valence-electron chi connectivity index (χ1n) is 7.38. The van der Waals surface area contributed by atoms with E-state index in [2.05, 4.69) is 10.6 Å². The van der Waals surface area contributed by atoms with E-state index in [0.29, 0.717) is 13.1 Å². The van der Waals surface area contributed by atoms with Crippen LogP contribution < -0.4 is 15.4 Å². The Labute approximate surface area is 140 Å². The molecule has 0 aliphatic rings. The number of nitrogens with one attached hydrogen (secondary N) is 2. The smallest absolute Gasteiger partial charge is 0.237 e. The van der Waals surface area contributed by atoms with Crippen molar-refractivity contribution in [3.63, 3.8) is 0 Å². The van der Waals surface area contributed by atoms with Gasteiger partial charge in [-0.2, -0.15) is 0 Å². The van der Waals surface area contributed by atoms with E-state index in [1.54, 1.807) is 31.2 Å². The van der Waals surface area contributed by atoms with Gasteiger partial charge >= 0.3 is 0 Å². The van der Waals surface area contributed by atoms with Crippen molar-refractivity contribution in [1.29, 1.82) is 0 Å². The van der Waals surface area contributed by atoms with Crippen LogP contribution in [0.3, 0.4) is 0 Å². The number of carbonyl (C=O) groups excluding carboxylic acids is 1. The summed E-state index contributed by atoms with van der Waals surface area (Å²) in [5.74, 6) is 1.53. The number of thioether (sulfide) groups is 1. The topological polar surface area (TPSA) is 63.5 Å². The molecule has 0 bridgehead atoms. The molecule has 0 fully saturated rings. The fourth-order valence-electron chi connectivity index (χ4n) is 2.09. The van der Waals surface area contributed by atoms with E-state index < -0.39 is 0 Å². The van der Waals surface area contributed by atoms with E-state index in [1.165, 1.54) is 0 Å². The van der Waals surface area contributed by atoms with Crippen LogP contribution in [-0.4, -0.2) is 25.3 Å². The van der Waals surface area contributed by atoms with Gasteiger partial charge in [-0.15, -0.1) is 11.8 Å². The molecule has 2 aromatic rings. The van der Waals surface area contributed by atoms with Crippen LogP contribution >= 0.6 is 11.8 Å². The van der Waals surface area contributed by atoms with Crippen LogP contribution in [0, 0.1) is 0 Å². The Morgan fingerprint density at radius 3 is 2.83 bits per heavy atom. The zero-order valence-corrected chi connectivity index (χ0v) is 14.4. The largest absolute Gasteiger partial charge is 0.496 e. The number of benzene rings is 1. The highest BCUT2D eigenvalue weighted by atomic mass is 32.2. The van der Waals surface area contributed by atoms with Crippen LogP contribution in [0.1, 0.15) is 18.2 Å². The van der Waals surface area contributed by atoms with E-state index in [0.717, 1.165) is 22.0 Å². The summed E-state index contributed by atoms with van der Waals surface area (Å²) in [5.41, 5.74) is 1.07. The molecule has 2 N–H and O–H groups in total. The third-order valence-corrected chi connectivity index (χ3v) is 4.25. The predicted octanol–water partition coefficient (Wildman–Crippen LogP) is 2.80. The molecule has 1 heterocycles. The van der Waals surface area contributed by atoms with Crippen molar-refractivity contribution in [2.24, 2.45) is 0 Å². The quantitative estimate of drug-likeness (QED) is 0.727. The standard InChI is InChI=1S/C17H22N2O3S/c1-12(17(20)19-11-14-5-4-8-22-14)18-10-13-6-7-16(23-3)15(9-13)21-2/h4-9,12,18H,10-11H2,1-3H3,(H,19,20). The van der Waals surface area contributed by atoms with E-state index in [1.807, 2.05) is 37.4 Å². The van der Waals surface area contributed by atoms with Gasteiger partial charge in [0.1, 0.15) is 11.5 Å². The van der Waals surface area contributed by atoms with E-state index in [-0.39, 0.29) is 11.9 Å². The van der Waals surface area contributed by atoms with Gasteiger partial charge in [0, 0.05) is 11.4 Å². The molecule has 1 atom stereocenters. The van der Waals surface area contributed by atoms with Gasteiger partial charge < -0.3 is 19.8 Å². The number of ether oxygens (including phenoxy) is 1. The average molecular weight is 334 g/mol. The normalized spacial score (nSPS) is 12.0. The molecule has 5 nitrogen and oxygen atoms in total. The second-order valence-electron chi connectivity index (χ2n) is 5.09. The van der Waals surface area contributed by atoms with Gasteiger partial charge in [-0.05, 0) is 43.0 Å². The van der Waals surface area contributed by atoms with E-state index in [9.17, 15) is 4.79 Å². The lowest BCUT2D eigenvalue weighted by Crippen LogP contribution is -2.41. The third kappa shape index (κ3) is 5.04. The first kappa shape index (κ1) is 17.4. The van der Waals surface area contributed by atoms with Crippen LogP contribution in [-0.2, 0) is 17.9 Å². The molecule has 1 unspecified atom stereocenters. The molecule has 6 heteroatoms. The van der Waals surface area contributed by atoms with Gasteiger partial charge in [-0.25, -0.2) is 0 Å². The first-order valence-corrected chi connectivity index (χ1v) is 8.61. The summed E-state index contributed by atoms with van der Waals surface area (Å²) in [6.45, 7) is 2.83. The molecule has 1 aromatic heterocycles. The fourth-order valence-corrected chi connectivity index (χ4v) is 2.64. The zero-order valence-electron chi connectivity index (χ0n) is 13.6. The van der Waals surface area contributed by atoms with Crippen LogP contribution in [0.25, 0.3) is 0 Å². The van der Waals surface area contributed by atoms with Gasteiger partial charge in [-0.1, -0.05) is 6.07 Å². The number of hydrogen-bond acceptors (Lipinski definition) is 5. The maximum Gasteiger partial charge on any atom is 0.237 e. The highest BCUT2D eigenvalue weighted by molar-refractivity contribution is 7.98. The fraction of sp³-hybridized carbons (Fsp3) is 0.353. The molecule has 0 aliphatic heterocycles. The molecule has 0 spiro atoms.